The zero-order chi connectivity index (χ0) is 19.8. The van der Waals surface area contributed by atoms with Crippen LogP contribution in [0, 0.1) is 5.82 Å². The van der Waals surface area contributed by atoms with Crippen LogP contribution in [0.3, 0.4) is 0 Å². The van der Waals surface area contributed by atoms with Gasteiger partial charge in [0.15, 0.2) is 0 Å². The van der Waals surface area contributed by atoms with E-state index in [0.29, 0.717) is 4.83 Å². The molecule has 0 saturated carbocycles. The second-order valence-corrected chi connectivity index (χ2v) is 10.0. The first-order valence-corrected chi connectivity index (χ1v) is 11.7. The van der Waals surface area contributed by atoms with Gasteiger partial charge in [-0.1, -0.05) is 40.2 Å². The van der Waals surface area contributed by atoms with Gasteiger partial charge >= 0.3 is 0 Å². The Morgan fingerprint density at radius 1 is 0.897 bits per heavy atom. The minimum Gasteiger partial charge on any atom is -0.369 e. The molecule has 5 rings (SSSR count). The van der Waals surface area contributed by atoms with Crippen molar-refractivity contribution in [3.05, 3.63) is 66.5 Å². The van der Waals surface area contributed by atoms with Crippen molar-refractivity contribution < 1.29 is 4.39 Å². The highest BCUT2D eigenvalue weighted by molar-refractivity contribution is 9.09. The van der Waals surface area contributed by atoms with Gasteiger partial charge < -0.3 is 9.21 Å². The number of anilines is 2. The van der Waals surface area contributed by atoms with E-state index in [1.807, 2.05) is 24.1 Å². The topological polar surface area (TPSA) is 9.72 Å². The summed E-state index contributed by atoms with van der Waals surface area (Å²) < 4.78 is 15.6. The molecule has 2 aliphatic rings. The van der Waals surface area contributed by atoms with Gasteiger partial charge in [0.05, 0.1) is 5.69 Å². The molecule has 0 N–H and O–H groups in total. The van der Waals surface area contributed by atoms with Gasteiger partial charge in [-0.25, -0.2) is 4.39 Å². The zero-order valence-electron chi connectivity index (χ0n) is 16.1. The Labute approximate surface area is 183 Å². The van der Waals surface area contributed by atoms with Gasteiger partial charge in [-0.3, -0.25) is 4.90 Å². The zero-order valence-corrected chi connectivity index (χ0v) is 18.5. The smallest absolute Gasteiger partial charge is 0.123 e. The normalized spacial score (nSPS) is 17.9. The summed E-state index contributed by atoms with van der Waals surface area (Å²) in [5.41, 5.74) is 2.44. The molecule has 1 unspecified atom stereocenters. The van der Waals surface area contributed by atoms with Crippen LogP contribution in [-0.2, 0) is 0 Å². The maximum Gasteiger partial charge on any atom is 0.123 e. The summed E-state index contributed by atoms with van der Waals surface area (Å²) in [6.07, 6.45) is 0. The number of halogens is 2. The van der Waals surface area contributed by atoms with E-state index in [1.165, 1.54) is 21.4 Å². The molecule has 0 radical (unpaired) electrons. The molecule has 6 heteroatoms. The van der Waals surface area contributed by atoms with Gasteiger partial charge in [0.25, 0.3) is 0 Å². The van der Waals surface area contributed by atoms with E-state index < -0.39 is 0 Å². The second-order valence-electron chi connectivity index (χ2n) is 7.65. The number of hydrogen-bond donors (Lipinski definition) is 0. The van der Waals surface area contributed by atoms with Crippen molar-refractivity contribution in [3.8, 4) is 0 Å². The molecule has 29 heavy (non-hydrogen) atoms. The van der Waals surface area contributed by atoms with Gasteiger partial charge in [0.1, 0.15) is 5.82 Å². The molecular weight excluding hydrogens is 449 g/mol. The second kappa shape index (κ2) is 8.17. The molecule has 0 amide bonds. The summed E-state index contributed by atoms with van der Waals surface area (Å²) >= 11 is 5.78. The average molecular weight is 472 g/mol. The summed E-state index contributed by atoms with van der Waals surface area (Å²) in [7, 11) is 0. The SMILES string of the molecule is Fc1ccc(N2CCN(CC(Br)CN3Sc4cccc5cccc3c45)CC2)cc1. The first kappa shape index (κ1) is 19.2. The van der Waals surface area contributed by atoms with Gasteiger partial charge in [0, 0.05) is 60.1 Å². The highest BCUT2D eigenvalue weighted by Crippen LogP contribution is 2.46. The van der Waals surface area contributed by atoms with E-state index in [2.05, 4.69) is 66.4 Å². The van der Waals surface area contributed by atoms with Crippen molar-refractivity contribution >= 4 is 50.0 Å². The molecule has 1 fully saturated rings. The van der Waals surface area contributed by atoms with Crippen molar-refractivity contribution in [3.63, 3.8) is 0 Å². The lowest BCUT2D eigenvalue weighted by Gasteiger charge is -2.37. The lowest BCUT2D eigenvalue weighted by atomic mass is 10.1. The maximum absolute atomic E-state index is 13.1. The van der Waals surface area contributed by atoms with Crippen molar-refractivity contribution in [1.82, 2.24) is 4.90 Å². The molecule has 0 aromatic heterocycles. The molecule has 3 aromatic rings. The Balaban J connectivity index is 1.17. The molecule has 3 nitrogen and oxygen atoms in total. The third kappa shape index (κ3) is 3.98. The minimum atomic E-state index is -0.174. The summed E-state index contributed by atoms with van der Waals surface area (Å²) in [5.74, 6) is -0.174. The summed E-state index contributed by atoms with van der Waals surface area (Å²) in [6, 6.07) is 20.0. The number of piperazine rings is 1. The largest absolute Gasteiger partial charge is 0.369 e. The molecule has 2 heterocycles. The number of alkyl halides is 1. The van der Waals surface area contributed by atoms with E-state index in [1.54, 1.807) is 12.1 Å². The Bertz CT molecular complexity index is 999. The molecule has 0 bridgehead atoms. The number of hydrogen-bond acceptors (Lipinski definition) is 4. The molecule has 0 aliphatic carbocycles. The first-order chi connectivity index (χ1) is 14.2. The molecule has 1 atom stereocenters. The number of nitrogens with zero attached hydrogens (tertiary/aromatic N) is 3. The highest BCUT2D eigenvalue weighted by Gasteiger charge is 2.26. The van der Waals surface area contributed by atoms with Crippen molar-refractivity contribution in [1.29, 1.82) is 0 Å². The predicted octanol–water partition coefficient (Wildman–Crippen LogP) is 5.39. The molecule has 3 aromatic carbocycles. The van der Waals surface area contributed by atoms with Gasteiger partial charge in [-0.05, 0) is 53.7 Å². The summed E-state index contributed by atoms with van der Waals surface area (Å²) in [4.78, 5) is 6.61. The van der Waals surface area contributed by atoms with Crippen molar-refractivity contribution in [2.45, 2.75) is 9.72 Å². The third-order valence-electron chi connectivity index (χ3n) is 5.71. The van der Waals surface area contributed by atoms with Crippen molar-refractivity contribution in [2.75, 3.05) is 48.5 Å². The van der Waals surface area contributed by atoms with E-state index in [-0.39, 0.29) is 5.82 Å². The Morgan fingerprint density at radius 2 is 1.62 bits per heavy atom. The van der Waals surface area contributed by atoms with E-state index in [9.17, 15) is 4.39 Å². The Morgan fingerprint density at radius 3 is 2.38 bits per heavy atom. The first-order valence-electron chi connectivity index (χ1n) is 10.0. The molecular formula is C23H23BrFN3S. The van der Waals surface area contributed by atoms with Crippen LogP contribution in [-0.4, -0.2) is 49.0 Å². The standard InChI is InChI=1S/C23H23BrFN3S/c24-18(15-26-11-13-27(14-12-26)20-9-7-19(25)8-10-20)16-28-21-5-1-3-17-4-2-6-22(29-28)23(17)21/h1-10,18H,11-16H2. The average Bonchev–Trinajstić information content (AvgIpc) is 3.09. The quantitative estimate of drug-likeness (QED) is 0.364. The minimum absolute atomic E-state index is 0.174. The Kier molecular flexibility index (Phi) is 5.41. The van der Waals surface area contributed by atoms with Crippen LogP contribution in [0.4, 0.5) is 15.8 Å². The van der Waals surface area contributed by atoms with E-state index in [4.69, 9.17) is 0 Å². The highest BCUT2D eigenvalue weighted by atomic mass is 79.9. The van der Waals surface area contributed by atoms with Crippen LogP contribution in [0.2, 0.25) is 0 Å². The van der Waals surface area contributed by atoms with Crippen LogP contribution in [0.25, 0.3) is 10.8 Å². The Hall–Kier alpha value is -1.76. The van der Waals surface area contributed by atoms with E-state index >= 15 is 0 Å². The third-order valence-corrected chi connectivity index (χ3v) is 7.39. The van der Waals surface area contributed by atoms with Crippen molar-refractivity contribution in [2.24, 2.45) is 0 Å². The molecule has 2 aliphatic heterocycles. The predicted molar refractivity (Wildman–Crippen MR) is 125 cm³/mol. The van der Waals surface area contributed by atoms with Crippen LogP contribution < -0.4 is 9.21 Å². The lowest BCUT2D eigenvalue weighted by molar-refractivity contribution is 0.261. The van der Waals surface area contributed by atoms with Crippen LogP contribution in [0.1, 0.15) is 0 Å². The van der Waals surface area contributed by atoms with Gasteiger partial charge in [-0.2, -0.15) is 0 Å². The lowest BCUT2D eigenvalue weighted by Crippen LogP contribution is -2.48. The number of benzene rings is 3. The maximum atomic E-state index is 13.1. The monoisotopic (exact) mass is 471 g/mol. The van der Waals surface area contributed by atoms with Gasteiger partial charge in [-0.15, -0.1) is 0 Å². The van der Waals surface area contributed by atoms with E-state index in [0.717, 1.165) is 45.0 Å². The van der Waals surface area contributed by atoms with Gasteiger partial charge in [0.2, 0.25) is 0 Å². The fourth-order valence-electron chi connectivity index (χ4n) is 4.23. The summed E-state index contributed by atoms with van der Waals surface area (Å²) in [5, 5.41) is 2.70. The van der Waals surface area contributed by atoms with Crippen LogP contribution in [0.5, 0.6) is 0 Å². The molecule has 1 saturated heterocycles. The molecule has 0 spiro atoms. The number of rotatable bonds is 5. The summed E-state index contributed by atoms with van der Waals surface area (Å²) in [6.45, 7) is 6.02. The fraction of sp³-hybridized carbons (Fsp3) is 0.304. The fourth-order valence-corrected chi connectivity index (χ4v) is 6.32. The van der Waals surface area contributed by atoms with Crippen LogP contribution in [0.15, 0.2) is 65.6 Å². The molecule has 150 valence electrons. The van der Waals surface area contributed by atoms with Crippen LogP contribution >= 0.6 is 27.9 Å².